The molecule has 2 aromatic rings. The summed E-state index contributed by atoms with van der Waals surface area (Å²) in [5.41, 5.74) is 1.09. The fourth-order valence-corrected chi connectivity index (χ4v) is 3.08. The Balaban J connectivity index is 1.75. The number of Topliss-reactive ketones (excluding diaryl/α,β-unsaturated/α-hetero) is 1. The maximum absolute atomic E-state index is 11.8. The monoisotopic (exact) mass is 322 g/mol. The Hall–Kier alpha value is -0.930. The van der Waals surface area contributed by atoms with Crippen LogP contribution < -0.4 is 0 Å². The molecule has 0 saturated carbocycles. The van der Waals surface area contributed by atoms with Crippen molar-refractivity contribution in [2.45, 2.75) is 25.7 Å². The molecule has 1 heterocycles. The molecular weight excluding hydrogens is 308 g/mol. The smallest absolute Gasteiger partial charge is 0.137 e. The summed E-state index contributed by atoms with van der Waals surface area (Å²) < 4.78 is 1.03. The van der Waals surface area contributed by atoms with Crippen LogP contribution in [0.15, 0.2) is 46.3 Å². The van der Waals surface area contributed by atoms with Crippen molar-refractivity contribution < 1.29 is 4.79 Å². The Morgan fingerprint density at radius 3 is 2.83 bits per heavy atom. The van der Waals surface area contributed by atoms with Crippen molar-refractivity contribution in [2.24, 2.45) is 0 Å². The standard InChI is InChI=1S/C15H15BrOS/c16-13-5-1-4-12(10-13)11-14(17)6-2-7-15-8-3-9-18-15/h1,3-5,8-10H,2,6-7,11H2. The number of halogens is 1. The molecule has 0 fully saturated rings. The van der Waals surface area contributed by atoms with Crippen molar-refractivity contribution in [3.63, 3.8) is 0 Å². The first kappa shape index (κ1) is 13.5. The van der Waals surface area contributed by atoms with Crippen LogP contribution in [0.1, 0.15) is 23.3 Å². The summed E-state index contributed by atoms with van der Waals surface area (Å²) in [4.78, 5) is 13.2. The largest absolute Gasteiger partial charge is 0.299 e. The Labute approximate surface area is 120 Å². The van der Waals surface area contributed by atoms with Gasteiger partial charge in [0.15, 0.2) is 0 Å². The third kappa shape index (κ3) is 4.39. The van der Waals surface area contributed by atoms with Crippen molar-refractivity contribution >= 4 is 33.0 Å². The predicted octanol–water partition coefficient (Wildman–Crippen LogP) is 4.65. The van der Waals surface area contributed by atoms with E-state index in [-0.39, 0.29) is 0 Å². The zero-order valence-corrected chi connectivity index (χ0v) is 12.5. The molecule has 0 N–H and O–H groups in total. The molecule has 3 heteroatoms. The van der Waals surface area contributed by atoms with Crippen molar-refractivity contribution in [1.82, 2.24) is 0 Å². The van der Waals surface area contributed by atoms with Crippen LogP contribution in [0.2, 0.25) is 0 Å². The van der Waals surface area contributed by atoms with Crippen LogP contribution in [0.4, 0.5) is 0 Å². The first-order chi connectivity index (χ1) is 8.74. The minimum Gasteiger partial charge on any atom is -0.299 e. The molecule has 0 amide bonds. The van der Waals surface area contributed by atoms with E-state index in [1.807, 2.05) is 24.3 Å². The fourth-order valence-electron chi connectivity index (χ4n) is 1.88. The summed E-state index contributed by atoms with van der Waals surface area (Å²) in [7, 11) is 0. The second-order valence-corrected chi connectivity index (χ2v) is 6.23. The molecular formula is C15H15BrOS. The van der Waals surface area contributed by atoms with E-state index >= 15 is 0 Å². The van der Waals surface area contributed by atoms with Gasteiger partial charge in [-0.2, -0.15) is 0 Å². The zero-order valence-electron chi connectivity index (χ0n) is 10.1. The second kappa shape index (κ2) is 6.86. The highest BCUT2D eigenvalue weighted by molar-refractivity contribution is 9.10. The van der Waals surface area contributed by atoms with Crippen LogP contribution in [0.5, 0.6) is 0 Å². The highest BCUT2D eigenvalue weighted by atomic mass is 79.9. The Morgan fingerprint density at radius 1 is 1.22 bits per heavy atom. The lowest BCUT2D eigenvalue weighted by atomic mass is 10.0. The lowest BCUT2D eigenvalue weighted by molar-refractivity contribution is -0.118. The lowest BCUT2D eigenvalue weighted by Crippen LogP contribution is -2.03. The predicted molar refractivity (Wildman–Crippen MR) is 80.1 cm³/mol. The molecule has 1 aromatic carbocycles. The van der Waals surface area contributed by atoms with Gasteiger partial charge in [-0.15, -0.1) is 11.3 Å². The number of hydrogen-bond acceptors (Lipinski definition) is 2. The Bertz CT molecular complexity index is 505. The van der Waals surface area contributed by atoms with E-state index in [1.54, 1.807) is 11.3 Å². The van der Waals surface area contributed by atoms with Crippen molar-refractivity contribution in [1.29, 1.82) is 0 Å². The van der Waals surface area contributed by atoms with Gasteiger partial charge in [0, 0.05) is 22.2 Å². The number of aryl methyl sites for hydroxylation is 1. The highest BCUT2D eigenvalue weighted by Gasteiger charge is 2.04. The minimum atomic E-state index is 0.324. The summed E-state index contributed by atoms with van der Waals surface area (Å²) in [5, 5.41) is 2.08. The van der Waals surface area contributed by atoms with E-state index in [2.05, 4.69) is 33.4 Å². The van der Waals surface area contributed by atoms with Gasteiger partial charge in [-0.3, -0.25) is 4.79 Å². The summed E-state index contributed by atoms with van der Waals surface area (Å²) in [5.74, 6) is 0.324. The third-order valence-electron chi connectivity index (χ3n) is 2.75. The van der Waals surface area contributed by atoms with Crippen molar-refractivity contribution in [3.8, 4) is 0 Å². The van der Waals surface area contributed by atoms with Gasteiger partial charge in [-0.05, 0) is 42.0 Å². The Kier molecular flexibility index (Phi) is 5.14. The van der Waals surface area contributed by atoms with Gasteiger partial charge in [0.2, 0.25) is 0 Å². The number of hydrogen-bond donors (Lipinski definition) is 0. The van der Waals surface area contributed by atoms with Crippen LogP contribution in [-0.2, 0) is 17.6 Å². The van der Waals surface area contributed by atoms with Gasteiger partial charge in [0.25, 0.3) is 0 Å². The van der Waals surface area contributed by atoms with E-state index < -0.39 is 0 Å². The number of rotatable bonds is 6. The third-order valence-corrected chi connectivity index (χ3v) is 4.18. The SMILES string of the molecule is O=C(CCCc1cccs1)Cc1cccc(Br)c1. The molecule has 0 atom stereocenters. The van der Waals surface area contributed by atoms with Crippen LogP contribution in [0.3, 0.4) is 0 Å². The second-order valence-electron chi connectivity index (χ2n) is 4.28. The first-order valence-electron chi connectivity index (χ1n) is 6.02. The molecule has 0 bridgehead atoms. The molecule has 94 valence electrons. The molecule has 0 aliphatic carbocycles. The van der Waals surface area contributed by atoms with Gasteiger partial charge >= 0.3 is 0 Å². The molecule has 0 saturated heterocycles. The van der Waals surface area contributed by atoms with Crippen LogP contribution in [0, 0.1) is 0 Å². The number of carbonyl (C=O) groups excluding carboxylic acids is 1. The molecule has 0 aliphatic rings. The van der Waals surface area contributed by atoms with Gasteiger partial charge < -0.3 is 0 Å². The van der Waals surface area contributed by atoms with Crippen molar-refractivity contribution in [2.75, 3.05) is 0 Å². The van der Waals surface area contributed by atoms with Crippen LogP contribution in [0.25, 0.3) is 0 Å². The summed E-state index contributed by atoms with van der Waals surface area (Å²) in [6.45, 7) is 0. The van der Waals surface area contributed by atoms with E-state index in [0.29, 0.717) is 18.6 Å². The summed E-state index contributed by atoms with van der Waals surface area (Å²) in [6.07, 6.45) is 3.18. The number of carbonyl (C=O) groups is 1. The van der Waals surface area contributed by atoms with Gasteiger partial charge in [-0.25, -0.2) is 0 Å². The van der Waals surface area contributed by atoms with Crippen LogP contribution in [-0.4, -0.2) is 5.78 Å². The topological polar surface area (TPSA) is 17.1 Å². The normalized spacial score (nSPS) is 10.5. The molecule has 18 heavy (non-hydrogen) atoms. The summed E-state index contributed by atoms with van der Waals surface area (Å²) >= 11 is 5.18. The first-order valence-corrected chi connectivity index (χ1v) is 7.70. The Morgan fingerprint density at radius 2 is 2.11 bits per heavy atom. The number of ketones is 1. The maximum Gasteiger partial charge on any atom is 0.137 e. The van der Waals surface area contributed by atoms with Crippen LogP contribution >= 0.6 is 27.3 Å². The molecule has 0 unspecified atom stereocenters. The van der Waals surface area contributed by atoms with Gasteiger partial charge in [-0.1, -0.05) is 34.1 Å². The van der Waals surface area contributed by atoms with Gasteiger partial charge in [0.1, 0.15) is 5.78 Å². The van der Waals surface area contributed by atoms with E-state index in [1.165, 1.54) is 4.88 Å². The highest BCUT2D eigenvalue weighted by Crippen LogP contribution is 2.15. The minimum absolute atomic E-state index is 0.324. The zero-order chi connectivity index (χ0) is 12.8. The number of benzene rings is 1. The molecule has 1 nitrogen and oxygen atoms in total. The summed E-state index contributed by atoms with van der Waals surface area (Å²) in [6, 6.07) is 12.1. The maximum atomic E-state index is 11.8. The van der Waals surface area contributed by atoms with E-state index in [9.17, 15) is 4.79 Å². The molecule has 0 aliphatic heterocycles. The average Bonchev–Trinajstić information content (AvgIpc) is 2.82. The molecule has 1 aromatic heterocycles. The van der Waals surface area contributed by atoms with Gasteiger partial charge in [0.05, 0.1) is 0 Å². The molecule has 2 rings (SSSR count). The van der Waals surface area contributed by atoms with Crippen molar-refractivity contribution in [3.05, 3.63) is 56.7 Å². The molecule has 0 spiro atoms. The number of thiophene rings is 1. The lowest BCUT2D eigenvalue weighted by Gasteiger charge is -2.02. The fraction of sp³-hybridized carbons (Fsp3) is 0.267. The average molecular weight is 323 g/mol. The molecule has 0 radical (unpaired) electrons. The quantitative estimate of drug-likeness (QED) is 0.756. The van der Waals surface area contributed by atoms with E-state index in [0.717, 1.165) is 22.9 Å². The van der Waals surface area contributed by atoms with E-state index in [4.69, 9.17) is 0 Å².